The molecule has 1 aromatic heterocycles. The molecule has 3 aromatic rings. The molecule has 1 aliphatic rings. The summed E-state index contributed by atoms with van der Waals surface area (Å²) in [4.78, 5) is 51.1. The lowest BCUT2D eigenvalue weighted by Crippen LogP contribution is -2.45. The van der Waals surface area contributed by atoms with E-state index in [4.69, 9.17) is 9.47 Å². The fourth-order valence-corrected chi connectivity index (χ4v) is 3.73. The molecule has 0 aliphatic carbocycles. The van der Waals surface area contributed by atoms with Crippen LogP contribution in [0.3, 0.4) is 0 Å². The molecule has 0 amide bonds. The van der Waals surface area contributed by atoms with Crippen molar-refractivity contribution in [1.82, 2.24) is 9.13 Å². The molecule has 0 radical (unpaired) electrons. The quantitative estimate of drug-likeness (QED) is 0.586. The third kappa shape index (κ3) is 4.41. The van der Waals surface area contributed by atoms with Gasteiger partial charge in [0.15, 0.2) is 0 Å². The van der Waals surface area contributed by atoms with Crippen molar-refractivity contribution in [3.63, 3.8) is 0 Å². The molecule has 1 saturated heterocycles. The van der Waals surface area contributed by atoms with Gasteiger partial charge in [0.25, 0.3) is 11.5 Å². The Labute approximate surface area is 188 Å². The summed E-state index contributed by atoms with van der Waals surface area (Å²) in [6, 6.07) is 16.3. The van der Waals surface area contributed by atoms with E-state index in [-0.39, 0.29) is 17.5 Å². The first-order chi connectivity index (χ1) is 15.9. The van der Waals surface area contributed by atoms with Gasteiger partial charge in [0, 0.05) is 23.7 Å². The van der Waals surface area contributed by atoms with Crippen LogP contribution in [-0.2, 0) is 9.47 Å². The number of aromatic nitrogens is 2. The molecule has 2 heterocycles. The van der Waals surface area contributed by atoms with Gasteiger partial charge in [0.2, 0.25) is 0 Å². The molecule has 0 spiro atoms. The number of hydrogen-bond acceptors (Lipinski definition) is 7. The molecule has 1 fully saturated rings. The average molecular weight is 450 g/mol. The first-order valence-electron chi connectivity index (χ1n) is 10.4. The predicted octanol–water partition coefficient (Wildman–Crippen LogP) is 1.51. The number of benzene rings is 2. The summed E-state index contributed by atoms with van der Waals surface area (Å²) < 4.78 is 13.0. The van der Waals surface area contributed by atoms with Gasteiger partial charge in [-0.2, -0.15) is 4.57 Å². The van der Waals surface area contributed by atoms with Crippen molar-refractivity contribution in [1.29, 1.82) is 0 Å². The number of nitrogens with zero attached hydrogens (tertiary/aromatic N) is 2. The van der Waals surface area contributed by atoms with E-state index in [1.54, 1.807) is 48.5 Å². The van der Waals surface area contributed by atoms with Crippen LogP contribution in [0.15, 0.2) is 76.4 Å². The van der Waals surface area contributed by atoms with Gasteiger partial charge in [-0.15, -0.1) is 0 Å². The van der Waals surface area contributed by atoms with Crippen LogP contribution in [0.5, 0.6) is 0 Å². The van der Waals surface area contributed by atoms with Gasteiger partial charge in [-0.1, -0.05) is 36.4 Å². The number of aliphatic hydroxyl groups is 1. The van der Waals surface area contributed by atoms with Gasteiger partial charge in [-0.05, 0) is 31.2 Å². The average Bonchev–Trinajstić information content (AvgIpc) is 3.25. The van der Waals surface area contributed by atoms with E-state index in [1.807, 2.05) is 0 Å². The van der Waals surface area contributed by atoms with Crippen LogP contribution in [0.25, 0.3) is 0 Å². The zero-order valence-electron chi connectivity index (χ0n) is 17.8. The fraction of sp³-hybridized carbons (Fsp3) is 0.250. The summed E-state index contributed by atoms with van der Waals surface area (Å²) in [7, 11) is 0. The van der Waals surface area contributed by atoms with Crippen molar-refractivity contribution >= 4 is 11.9 Å². The van der Waals surface area contributed by atoms with E-state index in [0.29, 0.717) is 10.1 Å². The van der Waals surface area contributed by atoms with Crippen molar-refractivity contribution in [3.05, 3.63) is 104 Å². The van der Waals surface area contributed by atoms with Crippen LogP contribution in [-0.4, -0.2) is 44.9 Å². The Kier molecular flexibility index (Phi) is 6.34. The van der Waals surface area contributed by atoms with Crippen LogP contribution >= 0.6 is 0 Å². The van der Waals surface area contributed by atoms with Crippen LogP contribution in [0.1, 0.15) is 38.9 Å². The second kappa shape index (κ2) is 9.35. The number of esters is 1. The minimum Gasteiger partial charge on any atom is -0.456 e. The number of carbonyl (C=O) groups excluding carboxylic acids is 2. The Morgan fingerprint density at radius 1 is 1.03 bits per heavy atom. The SMILES string of the molecule is Cc1cn(C2C[C@H](OC(=O)c3ccccc3)[C@@H](CO)O2)c(=O)n(C(=O)c2ccccc2)c1=O. The number of hydrogen-bond donors (Lipinski definition) is 1. The third-order valence-electron chi connectivity index (χ3n) is 5.45. The zero-order chi connectivity index (χ0) is 23.5. The molecule has 1 unspecified atom stereocenters. The third-order valence-corrected chi connectivity index (χ3v) is 5.45. The normalized spacial score (nSPS) is 19.9. The fourth-order valence-electron chi connectivity index (χ4n) is 3.73. The summed E-state index contributed by atoms with van der Waals surface area (Å²) in [6.45, 7) is 1.04. The van der Waals surface area contributed by atoms with Gasteiger partial charge in [0.05, 0.1) is 12.2 Å². The van der Waals surface area contributed by atoms with Gasteiger partial charge in [-0.25, -0.2) is 9.59 Å². The molecule has 170 valence electrons. The molecule has 9 heteroatoms. The second-order valence-corrected chi connectivity index (χ2v) is 7.67. The second-order valence-electron chi connectivity index (χ2n) is 7.67. The monoisotopic (exact) mass is 450 g/mol. The summed E-state index contributed by atoms with van der Waals surface area (Å²) in [5.41, 5.74) is -0.922. The maximum atomic E-state index is 13.1. The molecule has 1 aliphatic heterocycles. The first-order valence-corrected chi connectivity index (χ1v) is 10.4. The molecule has 1 N–H and O–H groups in total. The highest BCUT2D eigenvalue weighted by Gasteiger charge is 2.39. The van der Waals surface area contributed by atoms with Crippen molar-refractivity contribution < 1.29 is 24.2 Å². The van der Waals surface area contributed by atoms with Crippen molar-refractivity contribution in [2.24, 2.45) is 0 Å². The molecule has 3 atom stereocenters. The lowest BCUT2D eigenvalue weighted by Gasteiger charge is -2.17. The van der Waals surface area contributed by atoms with E-state index in [1.165, 1.54) is 25.3 Å². The van der Waals surface area contributed by atoms with Crippen molar-refractivity contribution in [2.45, 2.75) is 31.8 Å². The minimum atomic E-state index is -0.947. The highest BCUT2D eigenvalue weighted by Crippen LogP contribution is 2.30. The summed E-state index contributed by atoms with van der Waals surface area (Å²) in [6.07, 6.45) is -1.29. The number of rotatable bonds is 5. The molecule has 33 heavy (non-hydrogen) atoms. The Bertz CT molecular complexity index is 1280. The predicted molar refractivity (Wildman–Crippen MR) is 117 cm³/mol. The standard InChI is InChI=1S/C24H22N2O7/c1-15-13-25(24(31)26(21(15)28)22(29)16-8-4-2-5-9-16)20-12-18(19(14-27)32-20)33-23(30)17-10-6-3-7-11-17/h2-11,13,18-20,27H,12,14H2,1H3/t18-,19+,20?/m0/s1. The van der Waals surface area contributed by atoms with E-state index >= 15 is 0 Å². The topological polar surface area (TPSA) is 117 Å². The number of aliphatic hydroxyl groups excluding tert-OH is 1. The first kappa shape index (κ1) is 22.4. The molecule has 9 nitrogen and oxygen atoms in total. The summed E-state index contributed by atoms with van der Waals surface area (Å²) in [5.74, 6) is -1.34. The molecular formula is C24H22N2O7. The molecule has 2 aromatic carbocycles. The van der Waals surface area contributed by atoms with Crippen molar-refractivity contribution in [3.8, 4) is 0 Å². The Morgan fingerprint density at radius 2 is 1.64 bits per heavy atom. The van der Waals surface area contributed by atoms with E-state index in [2.05, 4.69) is 0 Å². The molecular weight excluding hydrogens is 428 g/mol. The number of aryl methyl sites for hydroxylation is 1. The lowest BCUT2D eigenvalue weighted by atomic mass is 10.1. The maximum Gasteiger partial charge on any atom is 0.340 e. The summed E-state index contributed by atoms with van der Waals surface area (Å²) in [5, 5.41) is 9.73. The number of ether oxygens (including phenoxy) is 2. The highest BCUT2D eigenvalue weighted by atomic mass is 16.6. The number of carbonyl (C=O) groups is 2. The van der Waals surface area contributed by atoms with E-state index in [0.717, 1.165) is 4.57 Å². The Morgan fingerprint density at radius 3 is 2.24 bits per heavy atom. The summed E-state index contributed by atoms with van der Waals surface area (Å²) >= 11 is 0. The van der Waals surface area contributed by atoms with E-state index < -0.39 is 48.2 Å². The largest absolute Gasteiger partial charge is 0.456 e. The highest BCUT2D eigenvalue weighted by molar-refractivity contribution is 5.95. The molecule has 0 saturated carbocycles. The van der Waals surface area contributed by atoms with Crippen LogP contribution in [0.2, 0.25) is 0 Å². The van der Waals surface area contributed by atoms with Crippen LogP contribution in [0, 0.1) is 6.92 Å². The van der Waals surface area contributed by atoms with Crippen LogP contribution < -0.4 is 11.2 Å². The van der Waals surface area contributed by atoms with Crippen molar-refractivity contribution in [2.75, 3.05) is 6.61 Å². The van der Waals surface area contributed by atoms with E-state index in [9.17, 15) is 24.3 Å². The van der Waals surface area contributed by atoms with Gasteiger partial charge in [-0.3, -0.25) is 14.2 Å². The van der Waals surface area contributed by atoms with Gasteiger partial charge < -0.3 is 14.6 Å². The zero-order valence-corrected chi connectivity index (χ0v) is 17.8. The molecule has 4 rings (SSSR count). The van der Waals surface area contributed by atoms with Crippen LogP contribution in [0.4, 0.5) is 0 Å². The maximum absolute atomic E-state index is 13.1. The Balaban J connectivity index is 1.65. The van der Waals surface area contributed by atoms with Gasteiger partial charge >= 0.3 is 11.7 Å². The minimum absolute atomic E-state index is 0.0564. The van der Waals surface area contributed by atoms with Gasteiger partial charge in [0.1, 0.15) is 18.4 Å². The Hall–Kier alpha value is -3.82. The lowest BCUT2D eigenvalue weighted by molar-refractivity contribution is -0.0524. The smallest absolute Gasteiger partial charge is 0.340 e. The molecule has 0 bridgehead atoms.